The van der Waals surface area contributed by atoms with Crippen LogP contribution < -0.4 is 10.6 Å². The van der Waals surface area contributed by atoms with E-state index in [4.69, 9.17) is 0 Å². The van der Waals surface area contributed by atoms with Gasteiger partial charge in [-0.05, 0) is 50.1 Å². The molecule has 0 aromatic heterocycles. The largest absolute Gasteiger partial charge is 0.348 e. The summed E-state index contributed by atoms with van der Waals surface area (Å²) in [7, 11) is 0. The molecule has 0 bridgehead atoms. The van der Waals surface area contributed by atoms with Crippen LogP contribution in [0.4, 0.5) is 0 Å². The molecule has 3 rings (SSSR count). The van der Waals surface area contributed by atoms with Crippen molar-refractivity contribution in [1.29, 1.82) is 0 Å². The van der Waals surface area contributed by atoms with Gasteiger partial charge in [-0.3, -0.25) is 4.79 Å². The van der Waals surface area contributed by atoms with Crippen molar-refractivity contribution in [1.82, 2.24) is 10.6 Å². The number of fused-ring (bicyclic) bond motifs is 1. The Bertz CT molecular complexity index is 496. The number of carbonyl (C=O) groups is 1. The lowest BCUT2D eigenvalue weighted by Gasteiger charge is -2.23. The van der Waals surface area contributed by atoms with Crippen LogP contribution in [-0.4, -0.2) is 18.5 Å². The molecule has 1 aromatic carbocycles. The monoisotopic (exact) mass is 286 g/mol. The van der Waals surface area contributed by atoms with Crippen LogP contribution in [-0.2, 0) is 4.79 Å². The van der Waals surface area contributed by atoms with Gasteiger partial charge in [0.05, 0.1) is 12.1 Å². The van der Waals surface area contributed by atoms with E-state index in [0.717, 1.165) is 18.9 Å². The summed E-state index contributed by atoms with van der Waals surface area (Å²) >= 11 is 0. The molecule has 3 heteroatoms. The zero-order valence-corrected chi connectivity index (χ0v) is 13.1. The van der Waals surface area contributed by atoms with Crippen molar-refractivity contribution in [2.45, 2.75) is 51.6 Å². The Morgan fingerprint density at radius 2 is 2.10 bits per heavy atom. The molecule has 21 heavy (non-hydrogen) atoms. The highest BCUT2D eigenvalue weighted by Crippen LogP contribution is 2.37. The predicted molar refractivity (Wildman–Crippen MR) is 85.0 cm³/mol. The minimum Gasteiger partial charge on any atom is -0.348 e. The fourth-order valence-electron chi connectivity index (χ4n) is 3.96. The number of aryl methyl sites for hydroxylation is 1. The molecule has 1 saturated heterocycles. The molecule has 4 unspecified atom stereocenters. The van der Waals surface area contributed by atoms with E-state index in [2.05, 4.69) is 48.7 Å². The molecular weight excluding hydrogens is 260 g/mol. The van der Waals surface area contributed by atoms with E-state index >= 15 is 0 Å². The van der Waals surface area contributed by atoms with Crippen LogP contribution in [0.2, 0.25) is 0 Å². The van der Waals surface area contributed by atoms with Gasteiger partial charge in [0.25, 0.3) is 0 Å². The smallest absolute Gasteiger partial charge is 0.237 e. The summed E-state index contributed by atoms with van der Waals surface area (Å²) in [6, 6.07) is 8.64. The first-order valence-electron chi connectivity index (χ1n) is 8.29. The lowest BCUT2D eigenvalue weighted by Crippen LogP contribution is -2.45. The van der Waals surface area contributed by atoms with E-state index < -0.39 is 0 Å². The van der Waals surface area contributed by atoms with Crippen LogP contribution in [0.25, 0.3) is 0 Å². The Morgan fingerprint density at radius 3 is 2.81 bits per heavy atom. The highest BCUT2D eigenvalue weighted by Gasteiger charge is 2.42. The molecule has 1 aromatic rings. The van der Waals surface area contributed by atoms with E-state index in [9.17, 15) is 4.79 Å². The van der Waals surface area contributed by atoms with Crippen molar-refractivity contribution < 1.29 is 4.79 Å². The number of benzene rings is 1. The summed E-state index contributed by atoms with van der Waals surface area (Å²) in [5.74, 6) is 1.47. The van der Waals surface area contributed by atoms with E-state index in [1.807, 2.05) is 0 Å². The average Bonchev–Trinajstić information content (AvgIpc) is 3.08. The molecule has 1 amide bonds. The highest BCUT2D eigenvalue weighted by molar-refractivity contribution is 5.83. The molecular formula is C18H26N2O. The molecule has 2 aliphatic rings. The van der Waals surface area contributed by atoms with Crippen molar-refractivity contribution in [2.75, 3.05) is 6.54 Å². The lowest BCUT2D eigenvalue weighted by atomic mass is 9.93. The van der Waals surface area contributed by atoms with Crippen LogP contribution in [0.1, 0.15) is 49.8 Å². The van der Waals surface area contributed by atoms with E-state index in [0.29, 0.717) is 5.92 Å². The fourth-order valence-corrected chi connectivity index (χ4v) is 3.96. The van der Waals surface area contributed by atoms with Gasteiger partial charge in [0.2, 0.25) is 5.91 Å². The molecule has 2 N–H and O–H groups in total. The predicted octanol–water partition coefficient (Wildman–Crippen LogP) is 2.95. The van der Waals surface area contributed by atoms with Crippen LogP contribution in [0.5, 0.6) is 0 Å². The zero-order valence-electron chi connectivity index (χ0n) is 13.1. The number of carbonyl (C=O) groups excluding carboxylic acids is 1. The van der Waals surface area contributed by atoms with Gasteiger partial charge in [-0.15, -0.1) is 0 Å². The summed E-state index contributed by atoms with van der Waals surface area (Å²) < 4.78 is 0. The Labute approximate surface area is 127 Å². The number of rotatable bonds is 4. The van der Waals surface area contributed by atoms with Crippen molar-refractivity contribution in [2.24, 2.45) is 11.8 Å². The van der Waals surface area contributed by atoms with Crippen LogP contribution in [0, 0.1) is 18.8 Å². The van der Waals surface area contributed by atoms with E-state index in [-0.39, 0.29) is 18.0 Å². The highest BCUT2D eigenvalue weighted by atomic mass is 16.2. The number of amides is 1. The molecule has 0 spiro atoms. The summed E-state index contributed by atoms with van der Waals surface area (Å²) in [5, 5.41) is 6.69. The van der Waals surface area contributed by atoms with E-state index in [1.165, 1.54) is 30.4 Å². The second-order valence-corrected chi connectivity index (χ2v) is 6.62. The Hall–Kier alpha value is -1.35. The van der Waals surface area contributed by atoms with Gasteiger partial charge in [0, 0.05) is 0 Å². The van der Waals surface area contributed by atoms with Crippen LogP contribution in [0.15, 0.2) is 24.3 Å². The molecule has 114 valence electrons. The minimum atomic E-state index is 0.0250. The number of hydrogen-bond acceptors (Lipinski definition) is 2. The van der Waals surface area contributed by atoms with Gasteiger partial charge in [0.1, 0.15) is 0 Å². The van der Waals surface area contributed by atoms with Gasteiger partial charge in [0.15, 0.2) is 0 Å². The van der Waals surface area contributed by atoms with Gasteiger partial charge < -0.3 is 10.6 Å². The first-order valence-corrected chi connectivity index (χ1v) is 8.29. The molecule has 1 aliphatic heterocycles. The summed E-state index contributed by atoms with van der Waals surface area (Å²) in [4.78, 5) is 12.6. The average molecular weight is 286 g/mol. The summed E-state index contributed by atoms with van der Waals surface area (Å²) in [5.41, 5.74) is 2.46. The zero-order chi connectivity index (χ0) is 14.8. The van der Waals surface area contributed by atoms with Crippen LogP contribution >= 0.6 is 0 Å². The lowest BCUT2D eigenvalue weighted by molar-refractivity contribution is -0.124. The maximum absolute atomic E-state index is 12.6. The first-order chi connectivity index (χ1) is 10.2. The second kappa shape index (κ2) is 6.18. The number of hydrogen-bond donors (Lipinski definition) is 2. The SMILES string of the molecule is CCC(NC(=O)C1NCC2CCCC21)c1ccc(C)cc1. The second-order valence-electron chi connectivity index (χ2n) is 6.62. The Balaban J connectivity index is 1.66. The normalized spacial score (nSPS) is 29.1. The van der Waals surface area contributed by atoms with Crippen molar-refractivity contribution >= 4 is 5.91 Å². The van der Waals surface area contributed by atoms with E-state index in [1.54, 1.807) is 0 Å². The van der Waals surface area contributed by atoms with Gasteiger partial charge in [-0.1, -0.05) is 43.2 Å². The van der Waals surface area contributed by atoms with Gasteiger partial charge in [-0.2, -0.15) is 0 Å². The third-order valence-electron chi connectivity index (χ3n) is 5.23. The Morgan fingerprint density at radius 1 is 1.33 bits per heavy atom. The van der Waals surface area contributed by atoms with Crippen molar-refractivity contribution in [3.8, 4) is 0 Å². The van der Waals surface area contributed by atoms with Gasteiger partial charge in [-0.25, -0.2) is 0 Å². The Kier molecular flexibility index (Phi) is 4.29. The van der Waals surface area contributed by atoms with Gasteiger partial charge >= 0.3 is 0 Å². The van der Waals surface area contributed by atoms with Crippen molar-refractivity contribution in [3.05, 3.63) is 35.4 Å². The number of nitrogens with one attached hydrogen (secondary N) is 2. The fraction of sp³-hybridized carbons (Fsp3) is 0.611. The molecule has 1 heterocycles. The summed E-state index contributed by atoms with van der Waals surface area (Å²) in [6.45, 7) is 5.24. The topological polar surface area (TPSA) is 41.1 Å². The molecule has 4 atom stereocenters. The molecule has 1 saturated carbocycles. The maximum Gasteiger partial charge on any atom is 0.237 e. The first kappa shape index (κ1) is 14.6. The molecule has 1 aliphatic carbocycles. The standard InChI is InChI=1S/C18H26N2O/c1-3-16(13-9-7-12(2)8-10-13)20-18(21)17-15-6-4-5-14(15)11-19-17/h7-10,14-17,19H,3-6,11H2,1-2H3,(H,20,21). The molecule has 0 radical (unpaired) electrons. The molecule has 2 fully saturated rings. The maximum atomic E-state index is 12.6. The minimum absolute atomic E-state index is 0.0250. The molecule has 3 nitrogen and oxygen atoms in total. The van der Waals surface area contributed by atoms with Crippen LogP contribution in [0.3, 0.4) is 0 Å². The third kappa shape index (κ3) is 2.98. The summed E-state index contributed by atoms with van der Waals surface area (Å²) in [6.07, 6.45) is 4.71. The quantitative estimate of drug-likeness (QED) is 0.893. The third-order valence-corrected chi connectivity index (χ3v) is 5.23. The van der Waals surface area contributed by atoms with Crippen molar-refractivity contribution in [3.63, 3.8) is 0 Å².